The van der Waals surface area contributed by atoms with E-state index in [-0.39, 0.29) is 13.0 Å². The number of allylic oxidation sites excluding steroid dienone is 1. The molecule has 5 heteroatoms. The summed E-state index contributed by atoms with van der Waals surface area (Å²) in [5.74, 6) is -0.868. The number of rotatable bonds is 15. The van der Waals surface area contributed by atoms with Crippen LogP contribution in [0.1, 0.15) is 65.2 Å². The lowest BCUT2D eigenvalue weighted by atomic mass is 9.94. The summed E-state index contributed by atoms with van der Waals surface area (Å²) in [7, 11) is 0. The Bertz CT molecular complexity index is 355. The fourth-order valence-electron chi connectivity index (χ4n) is 2.73. The van der Waals surface area contributed by atoms with Gasteiger partial charge in [-0.05, 0) is 44.7 Å². The molecule has 0 spiro atoms. The van der Waals surface area contributed by atoms with Gasteiger partial charge in [0.2, 0.25) is 0 Å². The van der Waals surface area contributed by atoms with E-state index < -0.39 is 11.9 Å². The van der Waals surface area contributed by atoms with Crippen molar-refractivity contribution >= 4 is 11.9 Å². The quantitative estimate of drug-likeness (QED) is 0.353. The van der Waals surface area contributed by atoms with Crippen LogP contribution in [0, 0.1) is 5.92 Å². The molecule has 0 aliphatic carbocycles. The lowest BCUT2D eigenvalue weighted by molar-refractivity contribution is -0.138. The summed E-state index contributed by atoms with van der Waals surface area (Å²) in [6.45, 7) is 6.10. The van der Waals surface area contributed by atoms with Crippen LogP contribution in [0.5, 0.6) is 0 Å². The molecule has 0 aliphatic rings. The maximum Gasteiger partial charge on any atom is 0.317 e. The van der Waals surface area contributed by atoms with E-state index in [1.807, 2.05) is 11.0 Å². The molecular formula is C18H33NO4. The van der Waals surface area contributed by atoms with Crippen LogP contribution in [-0.4, -0.2) is 46.7 Å². The molecule has 0 aromatic rings. The van der Waals surface area contributed by atoms with Crippen molar-refractivity contribution in [1.82, 2.24) is 4.90 Å². The molecule has 23 heavy (non-hydrogen) atoms. The van der Waals surface area contributed by atoms with Gasteiger partial charge in [-0.1, -0.05) is 45.3 Å². The van der Waals surface area contributed by atoms with Crippen molar-refractivity contribution in [2.24, 2.45) is 5.92 Å². The molecule has 0 aromatic heterocycles. The van der Waals surface area contributed by atoms with Gasteiger partial charge < -0.3 is 10.2 Å². The summed E-state index contributed by atoms with van der Waals surface area (Å²) in [6.07, 6.45) is 11.3. The molecule has 0 saturated heterocycles. The maximum absolute atomic E-state index is 10.8. The second-order valence-electron chi connectivity index (χ2n) is 6.09. The first-order valence-electron chi connectivity index (χ1n) is 8.80. The molecule has 134 valence electrons. The van der Waals surface area contributed by atoms with Crippen LogP contribution in [0.15, 0.2) is 12.2 Å². The topological polar surface area (TPSA) is 77.8 Å². The summed E-state index contributed by atoms with van der Waals surface area (Å²) in [4.78, 5) is 23.2. The van der Waals surface area contributed by atoms with Crippen molar-refractivity contribution in [2.75, 3.05) is 19.6 Å². The zero-order chi connectivity index (χ0) is 17.5. The second-order valence-corrected chi connectivity index (χ2v) is 6.09. The van der Waals surface area contributed by atoms with E-state index in [2.05, 4.69) is 13.8 Å². The van der Waals surface area contributed by atoms with Gasteiger partial charge in [0.25, 0.3) is 0 Å². The van der Waals surface area contributed by atoms with Crippen LogP contribution in [0.4, 0.5) is 0 Å². The van der Waals surface area contributed by atoms with Gasteiger partial charge in [0.15, 0.2) is 0 Å². The van der Waals surface area contributed by atoms with Crippen molar-refractivity contribution in [1.29, 1.82) is 0 Å². The summed E-state index contributed by atoms with van der Waals surface area (Å²) < 4.78 is 0. The minimum atomic E-state index is -0.786. The molecule has 0 saturated carbocycles. The van der Waals surface area contributed by atoms with E-state index in [0.29, 0.717) is 5.92 Å². The summed E-state index contributed by atoms with van der Waals surface area (Å²) >= 11 is 0. The highest BCUT2D eigenvalue weighted by atomic mass is 16.4. The number of carboxylic acids is 2. The molecule has 0 aliphatic heterocycles. The van der Waals surface area contributed by atoms with E-state index in [1.165, 1.54) is 0 Å². The Morgan fingerprint density at radius 1 is 1.00 bits per heavy atom. The maximum atomic E-state index is 10.8. The Balaban J connectivity index is 3.86. The van der Waals surface area contributed by atoms with Gasteiger partial charge in [-0.3, -0.25) is 14.5 Å². The highest BCUT2D eigenvalue weighted by Gasteiger charge is 2.09. The molecule has 0 amide bonds. The molecule has 0 heterocycles. The highest BCUT2D eigenvalue weighted by molar-refractivity contribution is 5.69. The fourth-order valence-corrected chi connectivity index (χ4v) is 2.73. The Labute approximate surface area is 140 Å². The average Bonchev–Trinajstić information content (AvgIpc) is 2.48. The molecule has 2 N–H and O–H groups in total. The molecule has 1 atom stereocenters. The van der Waals surface area contributed by atoms with E-state index >= 15 is 0 Å². The Morgan fingerprint density at radius 3 is 2.30 bits per heavy atom. The van der Waals surface area contributed by atoms with Gasteiger partial charge in [0.1, 0.15) is 0 Å². The molecular weight excluding hydrogens is 294 g/mol. The minimum absolute atomic E-state index is 0.105. The Kier molecular flexibility index (Phi) is 13.4. The van der Waals surface area contributed by atoms with Gasteiger partial charge in [-0.15, -0.1) is 0 Å². The van der Waals surface area contributed by atoms with Crippen LogP contribution < -0.4 is 0 Å². The SMILES string of the molecule is CCCN(CCCCC(CC)CC/C=C/CC(=O)O)CC(=O)O. The van der Waals surface area contributed by atoms with Crippen LogP contribution in [-0.2, 0) is 9.59 Å². The molecule has 0 radical (unpaired) electrons. The van der Waals surface area contributed by atoms with Crippen LogP contribution in [0.2, 0.25) is 0 Å². The summed E-state index contributed by atoms with van der Waals surface area (Å²) in [5, 5.41) is 17.4. The Morgan fingerprint density at radius 2 is 1.74 bits per heavy atom. The van der Waals surface area contributed by atoms with Crippen LogP contribution in [0.25, 0.3) is 0 Å². The van der Waals surface area contributed by atoms with Gasteiger partial charge in [-0.2, -0.15) is 0 Å². The van der Waals surface area contributed by atoms with Crippen molar-refractivity contribution in [3.63, 3.8) is 0 Å². The van der Waals surface area contributed by atoms with E-state index in [1.54, 1.807) is 6.08 Å². The number of carbonyl (C=O) groups is 2. The van der Waals surface area contributed by atoms with E-state index in [4.69, 9.17) is 10.2 Å². The van der Waals surface area contributed by atoms with Gasteiger partial charge in [-0.25, -0.2) is 0 Å². The number of hydrogen-bond acceptors (Lipinski definition) is 3. The number of aliphatic carboxylic acids is 2. The first kappa shape index (κ1) is 21.6. The van der Waals surface area contributed by atoms with Gasteiger partial charge >= 0.3 is 11.9 Å². The normalized spacial score (nSPS) is 12.8. The predicted octanol–water partition coefficient (Wildman–Crippen LogP) is 3.79. The van der Waals surface area contributed by atoms with Crippen molar-refractivity contribution in [3.05, 3.63) is 12.2 Å². The van der Waals surface area contributed by atoms with E-state index in [9.17, 15) is 9.59 Å². The molecule has 0 rings (SSSR count). The van der Waals surface area contributed by atoms with E-state index in [0.717, 1.165) is 58.0 Å². The lowest BCUT2D eigenvalue weighted by Gasteiger charge is -2.20. The van der Waals surface area contributed by atoms with Crippen LogP contribution >= 0.6 is 0 Å². The average molecular weight is 327 g/mol. The Hall–Kier alpha value is -1.36. The van der Waals surface area contributed by atoms with Gasteiger partial charge in [0, 0.05) is 0 Å². The number of nitrogens with zero attached hydrogens (tertiary/aromatic N) is 1. The first-order chi connectivity index (χ1) is 11.0. The standard InChI is InChI=1S/C18H33NO4/c1-3-13-19(15-18(22)23)14-9-8-11-16(4-2)10-6-5-7-12-17(20)21/h5,7,16H,3-4,6,8-15H2,1-2H3,(H,20,21)(H,22,23)/b7-5+. The molecule has 0 fully saturated rings. The number of unbranched alkanes of at least 4 members (excludes halogenated alkanes) is 1. The monoisotopic (exact) mass is 327 g/mol. The number of carboxylic acid groups (broad SMARTS) is 2. The lowest BCUT2D eigenvalue weighted by Crippen LogP contribution is -2.31. The second kappa shape index (κ2) is 14.2. The molecule has 0 bridgehead atoms. The fraction of sp³-hybridized carbons (Fsp3) is 0.778. The van der Waals surface area contributed by atoms with Crippen molar-refractivity contribution < 1.29 is 19.8 Å². The predicted molar refractivity (Wildman–Crippen MR) is 92.6 cm³/mol. The van der Waals surface area contributed by atoms with Crippen molar-refractivity contribution in [2.45, 2.75) is 65.2 Å². The largest absolute Gasteiger partial charge is 0.481 e. The zero-order valence-corrected chi connectivity index (χ0v) is 14.7. The summed E-state index contributed by atoms with van der Waals surface area (Å²) in [6, 6.07) is 0. The van der Waals surface area contributed by atoms with Crippen LogP contribution in [0.3, 0.4) is 0 Å². The van der Waals surface area contributed by atoms with Gasteiger partial charge in [0.05, 0.1) is 13.0 Å². The summed E-state index contributed by atoms with van der Waals surface area (Å²) in [5.41, 5.74) is 0. The third-order valence-corrected chi connectivity index (χ3v) is 4.01. The molecule has 1 unspecified atom stereocenters. The number of hydrogen-bond donors (Lipinski definition) is 2. The molecule has 0 aromatic carbocycles. The molecule has 5 nitrogen and oxygen atoms in total. The smallest absolute Gasteiger partial charge is 0.317 e. The zero-order valence-electron chi connectivity index (χ0n) is 14.7. The first-order valence-corrected chi connectivity index (χ1v) is 8.80. The third-order valence-electron chi connectivity index (χ3n) is 4.01. The minimum Gasteiger partial charge on any atom is -0.481 e. The van der Waals surface area contributed by atoms with Crippen molar-refractivity contribution in [3.8, 4) is 0 Å². The third kappa shape index (κ3) is 14.0. The highest BCUT2D eigenvalue weighted by Crippen LogP contribution is 2.19.